The topological polar surface area (TPSA) is 12.0 Å². The third-order valence-corrected chi connectivity index (χ3v) is 8.86. The maximum absolute atomic E-state index is 5.88. The van der Waals surface area contributed by atoms with Crippen molar-refractivity contribution in [2.45, 2.75) is 45.2 Å². The minimum atomic E-state index is -0.437. The molecular formula is C8H18Cl6LiNSi2. The van der Waals surface area contributed by atoms with Gasteiger partial charge in [-0.2, -0.15) is 0 Å². The largest absolute Gasteiger partial charge is 1.00 e. The van der Waals surface area contributed by atoms with Crippen LogP contribution in [-0.2, 0) is 0 Å². The third kappa shape index (κ3) is 7.13. The molecular weight excluding hydrogens is 386 g/mol. The molecule has 0 amide bonds. The molecule has 1 nitrogen and oxygen atoms in total. The van der Waals surface area contributed by atoms with Gasteiger partial charge in [-0.1, -0.05) is 13.0 Å². The van der Waals surface area contributed by atoms with Gasteiger partial charge in [0.25, 0.3) is 0 Å². The molecule has 0 aromatic carbocycles. The van der Waals surface area contributed by atoms with Crippen LogP contribution in [0.25, 0.3) is 0 Å². The molecule has 1 saturated carbocycles. The van der Waals surface area contributed by atoms with E-state index >= 15 is 0 Å². The molecule has 1 fully saturated rings. The molecule has 0 spiro atoms. The van der Waals surface area contributed by atoms with E-state index in [4.69, 9.17) is 69.6 Å². The summed E-state index contributed by atoms with van der Waals surface area (Å²) in [5, 5.41) is -2.62. The van der Waals surface area contributed by atoms with E-state index in [-0.39, 0.29) is 30.0 Å². The molecule has 0 aliphatic heterocycles. The van der Waals surface area contributed by atoms with Crippen LogP contribution in [0.3, 0.4) is 0 Å². The Morgan fingerprint density at radius 3 is 1.17 bits per heavy atom. The fourth-order valence-electron chi connectivity index (χ4n) is 1.30. The summed E-state index contributed by atoms with van der Waals surface area (Å²) in [6.07, 6.45) is 0. The molecule has 0 bridgehead atoms. The van der Waals surface area contributed by atoms with Crippen molar-refractivity contribution in [3.05, 3.63) is 0 Å². The van der Waals surface area contributed by atoms with Crippen LogP contribution in [0.15, 0.2) is 0 Å². The summed E-state index contributed by atoms with van der Waals surface area (Å²) in [6.45, 7) is 2.23. The van der Waals surface area contributed by atoms with Crippen molar-refractivity contribution in [3.8, 4) is 0 Å². The number of nitrogens with one attached hydrogen (secondary N) is 1. The van der Waals surface area contributed by atoms with Crippen LogP contribution in [-0.4, -0.2) is 52.3 Å². The standard InChI is InChI=1S/C6H6Cl6.C2H11NSi2.Li.H/c7-1-2(8)4(10)6(12)5(11)3(1)9;1-2-5-3-4;;/h1-6H;3H,2,5H2,1,4H3;;/q;;+1;-1. The van der Waals surface area contributed by atoms with Crippen LogP contribution < -0.4 is 23.5 Å². The molecule has 1 rings (SSSR count). The quantitative estimate of drug-likeness (QED) is 0.467. The first-order valence-corrected chi connectivity index (χ1v) is 10.7. The molecule has 106 valence electrons. The summed E-state index contributed by atoms with van der Waals surface area (Å²) in [7, 11) is 1.45. The van der Waals surface area contributed by atoms with Gasteiger partial charge in [0.2, 0.25) is 0 Å². The van der Waals surface area contributed by atoms with E-state index in [0.717, 1.165) is 0 Å². The molecule has 0 aromatic heterocycles. The normalized spacial score (nSPS) is 40.2. The van der Waals surface area contributed by atoms with Crippen molar-refractivity contribution >= 4 is 89.7 Å². The molecule has 0 radical (unpaired) electrons. The second kappa shape index (κ2) is 12.3. The molecule has 1 aliphatic carbocycles. The van der Waals surface area contributed by atoms with Gasteiger partial charge in [-0.15, -0.1) is 69.6 Å². The Balaban J connectivity index is -0.000000320. The summed E-state index contributed by atoms with van der Waals surface area (Å²) in [5.41, 5.74) is 0. The van der Waals surface area contributed by atoms with Gasteiger partial charge in [0.05, 0.1) is 52.3 Å². The molecule has 0 saturated heterocycles. The van der Waals surface area contributed by atoms with E-state index in [1.807, 2.05) is 0 Å². The van der Waals surface area contributed by atoms with Gasteiger partial charge in [0, 0.05) is 0 Å². The average molecular weight is 404 g/mol. The average Bonchev–Trinajstić information content (AvgIpc) is 2.33. The van der Waals surface area contributed by atoms with E-state index in [0.29, 0.717) is 0 Å². The van der Waals surface area contributed by atoms with Crippen LogP contribution >= 0.6 is 69.6 Å². The van der Waals surface area contributed by atoms with E-state index in [1.165, 1.54) is 16.4 Å². The zero-order valence-electron chi connectivity index (χ0n) is 11.6. The number of halogens is 6. The Hall–Kier alpha value is 2.73. The van der Waals surface area contributed by atoms with Crippen LogP contribution in [0.1, 0.15) is 8.35 Å². The molecule has 1 N–H and O–H groups in total. The van der Waals surface area contributed by atoms with Gasteiger partial charge in [0.1, 0.15) is 0 Å². The summed E-state index contributed by atoms with van der Waals surface area (Å²) in [4.78, 5) is 0. The Morgan fingerprint density at radius 1 is 0.889 bits per heavy atom. The SMILES string of the molecule is CC[SiH2]N[SiH3].ClC1C(Cl)C(Cl)C(Cl)C(Cl)C1Cl.[H-].[Li+]. The van der Waals surface area contributed by atoms with E-state index in [9.17, 15) is 0 Å². The molecule has 1 aliphatic rings. The Bertz CT molecular complexity index is 163. The van der Waals surface area contributed by atoms with Crippen LogP contribution in [0.5, 0.6) is 0 Å². The van der Waals surface area contributed by atoms with Gasteiger partial charge < -0.3 is 6.07 Å². The first-order valence-electron chi connectivity index (χ1n) is 5.37. The fourth-order valence-corrected chi connectivity index (χ4v) is 5.63. The first-order chi connectivity index (χ1) is 7.88. The third-order valence-electron chi connectivity index (χ3n) is 2.33. The maximum atomic E-state index is 5.88. The maximum Gasteiger partial charge on any atom is 1.00 e. The van der Waals surface area contributed by atoms with Crippen molar-refractivity contribution in [3.63, 3.8) is 0 Å². The van der Waals surface area contributed by atoms with Crippen LogP contribution in [0, 0.1) is 0 Å². The predicted octanol–water partition coefficient (Wildman–Crippen LogP) is -0.861. The van der Waals surface area contributed by atoms with Crippen molar-refractivity contribution < 1.29 is 20.3 Å². The molecule has 0 unspecified atom stereocenters. The molecule has 18 heavy (non-hydrogen) atoms. The number of alkyl halides is 6. The minimum Gasteiger partial charge on any atom is -1.00 e. The van der Waals surface area contributed by atoms with Crippen LogP contribution in [0.2, 0.25) is 6.04 Å². The second-order valence-corrected chi connectivity index (χ2v) is 11.1. The summed E-state index contributed by atoms with van der Waals surface area (Å²) >= 11 is 35.3. The van der Waals surface area contributed by atoms with Crippen molar-refractivity contribution in [2.75, 3.05) is 0 Å². The molecule has 0 atom stereocenters. The monoisotopic (exact) mass is 401 g/mol. The van der Waals surface area contributed by atoms with Gasteiger partial charge in [0.15, 0.2) is 0 Å². The zero-order valence-corrected chi connectivity index (χ0v) is 18.6. The van der Waals surface area contributed by atoms with Gasteiger partial charge in [-0.3, -0.25) is 0 Å². The first kappa shape index (κ1) is 23.0. The summed E-state index contributed by atoms with van der Waals surface area (Å²) in [5.74, 6) is 0. The number of hydrogen-bond acceptors (Lipinski definition) is 1. The molecule has 10 heteroatoms. The second-order valence-electron chi connectivity index (χ2n) is 3.77. The van der Waals surface area contributed by atoms with E-state index in [1.54, 1.807) is 0 Å². The number of hydrogen-bond donors (Lipinski definition) is 1. The fraction of sp³-hybridized carbons (Fsp3) is 1.00. The van der Waals surface area contributed by atoms with Crippen LogP contribution in [0.4, 0.5) is 0 Å². The van der Waals surface area contributed by atoms with Crippen molar-refractivity contribution in [1.82, 2.24) is 4.65 Å². The minimum absolute atomic E-state index is 0. The molecule has 0 aromatic rings. The van der Waals surface area contributed by atoms with Crippen molar-refractivity contribution in [2.24, 2.45) is 0 Å². The Morgan fingerprint density at radius 2 is 1.11 bits per heavy atom. The Kier molecular flexibility index (Phi) is 15.7. The molecule has 0 heterocycles. The van der Waals surface area contributed by atoms with E-state index in [2.05, 4.69) is 11.6 Å². The van der Waals surface area contributed by atoms with Gasteiger partial charge >= 0.3 is 18.9 Å². The van der Waals surface area contributed by atoms with E-state index < -0.39 is 32.3 Å². The predicted molar refractivity (Wildman–Crippen MR) is 91.1 cm³/mol. The zero-order chi connectivity index (χ0) is 13.6. The van der Waals surface area contributed by atoms with Gasteiger partial charge in [-0.25, -0.2) is 0 Å². The number of rotatable bonds is 2. The smallest absolute Gasteiger partial charge is 1.00 e. The summed E-state index contributed by atoms with van der Waals surface area (Å²) < 4.78 is 3.30. The Labute approximate surface area is 158 Å². The summed E-state index contributed by atoms with van der Waals surface area (Å²) in [6, 6.07) is 1.41. The van der Waals surface area contributed by atoms with Crippen molar-refractivity contribution in [1.29, 1.82) is 0 Å². The van der Waals surface area contributed by atoms with Gasteiger partial charge in [-0.05, 0) is 0 Å².